The van der Waals surface area contributed by atoms with Gasteiger partial charge < -0.3 is 15.0 Å². The van der Waals surface area contributed by atoms with Crippen LogP contribution in [0.15, 0.2) is 52.1 Å². The zero-order valence-corrected chi connectivity index (χ0v) is 19.9. The van der Waals surface area contributed by atoms with Gasteiger partial charge in [0.15, 0.2) is 0 Å². The highest BCUT2D eigenvalue weighted by Gasteiger charge is 2.41. The molecule has 1 aliphatic carbocycles. The molecule has 0 saturated carbocycles. The molecule has 4 aromatic rings. The first-order valence-electron chi connectivity index (χ1n) is 11.2. The second-order valence-corrected chi connectivity index (χ2v) is 9.90. The number of nitrogens with zero attached hydrogens (tertiary/aromatic N) is 1. The van der Waals surface area contributed by atoms with E-state index in [9.17, 15) is 9.59 Å². The molecule has 3 heterocycles. The van der Waals surface area contributed by atoms with E-state index in [0.717, 1.165) is 41.6 Å². The second-order valence-electron chi connectivity index (χ2n) is 8.85. The number of rotatable bonds is 4. The molecule has 33 heavy (non-hydrogen) atoms. The minimum Gasteiger partial charge on any atom is -0.496 e. The first-order valence-corrected chi connectivity index (χ1v) is 12.0. The molecule has 1 saturated heterocycles. The van der Waals surface area contributed by atoms with E-state index in [4.69, 9.17) is 4.74 Å². The average Bonchev–Trinajstić information content (AvgIpc) is 3.40. The smallest absolute Gasteiger partial charge is 0.328 e. The molecule has 1 unspecified atom stereocenters. The summed E-state index contributed by atoms with van der Waals surface area (Å²) in [7, 11) is 1.73. The lowest BCUT2D eigenvalue weighted by atomic mass is 9.73. The van der Waals surface area contributed by atoms with E-state index < -0.39 is 0 Å². The van der Waals surface area contributed by atoms with Crippen LogP contribution in [0.2, 0.25) is 0 Å². The van der Waals surface area contributed by atoms with Gasteiger partial charge >= 0.3 is 5.69 Å². The van der Waals surface area contributed by atoms with Crippen LogP contribution in [0.1, 0.15) is 29.9 Å². The van der Waals surface area contributed by atoms with Gasteiger partial charge in [-0.2, -0.15) is 0 Å². The molecule has 0 amide bonds. The summed E-state index contributed by atoms with van der Waals surface area (Å²) in [4.78, 5) is 29.0. The SMILES string of the molecule is COc1cccc2c1[C@@H]1C(CCn3c(=O)[nH]c4c(sc5ccccc54)c3=O)NC[C@H]1CC2.Cl. The third-order valence-electron chi connectivity index (χ3n) is 7.25. The van der Waals surface area contributed by atoms with Crippen molar-refractivity contribution in [2.45, 2.75) is 37.8 Å². The maximum atomic E-state index is 13.2. The van der Waals surface area contributed by atoms with Crippen LogP contribution >= 0.6 is 23.7 Å². The number of methoxy groups -OCH3 is 1. The molecule has 1 aliphatic heterocycles. The highest BCUT2D eigenvalue weighted by Crippen LogP contribution is 2.46. The highest BCUT2D eigenvalue weighted by molar-refractivity contribution is 7.25. The third kappa shape index (κ3) is 3.50. The summed E-state index contributed by atoms with van der Waals surface area (Å²) in [6, 6.07) is 14.3. The molecule has 0 spiro atoms. The van der Waals surface area contributed by atoms with Gasteiger partial charge in [0.25, 0.3) is 5.56 Å². The number of halogens is 1. The Hall–Kier alpha value is -2.61. The molecule has 2 aromatic heterocycles. The number of benzene rings is 2. The zero-order chi connectivity index (χ0) is 21.8. The minimum absolute atomic E-state index is 0. The van der Waals surface area contributed by atoms with Gasteiger partial charge in [-0.15, -0.1) is 23.7 Å². The lowest BCUT2D eigenvalue weighted by Crippen LogP contribution is -2.37. The Morgan fingerprint density at radius 2 is 2.00 bits per heavy atom. The molecule has 3 atom stereocenters. The van der Waals surface area contributed by atoms with Crippen LogP contribution in [-0.4, -0.2) is 29.2 Å². The standard InChI is InChI=1S/C25H25N3O3S.ClH/c1-31-18-7-4-5-14-9-10-15-13-26-17(20(15)21(14)18)11-12-28-24(29)23-22(27-25(28)30)16-6-2-3-8-19(16)32-23;/h2-8,15,17,20,26H,9-13H2,1H3,(H,27,30);1H/t15-,17?,20+;/m1./s1. The summed E-state index contributed by atoms with van der Waals surface area (Å²) in [5, 5.41) is 4.61. The Labute approximate surface area is 201 Å². The molecule has 8 heteroatoms. The number of aromatic nitrogens is 2. The number of aromatic amines is 1. The molecule has 2 aliphatic rings. The van der Waals surface area contributed by atoms with Gasteiger partial charge in [-0.05, 0) is 49.4 Å². The van der Waals surface area contributed by atoms with Crippen LogP contribution in [0.4, 0.5) is 0 Å². The van der Waals surface area contributed by atoms with Gasteiger partial charge in [-0.25, -0.2) is 4.79 Å². The van der Waals surface area contributed by atoms with E-state index in [2.05, 4.69) is 22.4 Å². The molecule has 2 N–H and O–H groups in total. The summed E-state index contributed by atoms with van der Waals surface area (Å²) in [5.41, 5.74) is 2.80. The van der Waals surface area contributed by atoms with Crippen molar-refractivity contribution in [1.82, 2.24) is 14.9 Å². The van der Waals surface area contributed by atoms with Gasteiger partial charge in [-0.1, -0.05) is 30.3 Å². The number of hydrogen-bond acceptors (Lipinski definition) is 5. The van der Waals surface area contributed by atoms with E-state index in [1.54, 1.807) is 7.11 Å². The van der Waals surface area contributed by atoms with E-state index in [-0.39, 0.29) is 29.7 Å². The summed E-state index contributed by atoms with van der Waals surface area (Å²) in [5.74, 6) is 1.86. The summed E-state index contributed by atoms with van der Waals surface area (Å²) in [6.07, 6.45) is 2.95. The Kier molecular flexibility index (Phi) is 5.80. The average molecular weight is 484 g/mol. The number of H-pyrrole nitrogens is 1. The van der Waals surface area contributed by atoms with E-state index >= 15 is 0 Å². The van der Waals surface area contributed by atoms with Gasteiger partial charge in [0, 0.05) is 34.2 Å². The number of hydrogen-bond donors (Lipinski definition) is 2. The Balaban J connectivity index is 0.00000228. The molecule has 6 rings (SSSR count). The predicted molar refractivity (Wildman–Crippen MR) is 135 cm³/mol. The monoisotopic (exact) mass is 483 g/mol. The summed E-state index contributed by atoms with van der Waals surface area (Å²) in [6.45, 7) is 1.36. The molecule has 0 radical (unpaired) electrons. The van der Waals surface area contributed by atoms with Crippen molar-refractivity contribution in [3.05, 3.63) is 74.4 Å². The van der Waals surface area contributed by atoms with E-state index in [1.165, 1.54) is 27.0 Å². The predicted octanol–water partition coefficient (Wildman–Crippen LogP) is 4.04. The Bertz CT molecular complexity index is 1440. The van der Waals surface area contributed by atoms with Crippen molar-refractivity contribution < 1.29 is 4.74 Å². The third-order valence-corrected chi connectivity index (χ3v) is 8.41. The van der Waals surface area contributed by atoms with E-state index in [0.29, 0.717) is 28.6 Å². The number of thiophene rings is 1. The molecule has 0 bridgehead atoms. The normalized spacial score (nSPS) is 21.5. The maximum absolute atomic E-state index is 13.2. The zero-order valence-electron chi connectivity index (χ0n) is 18.3. The first kappa shape index (κ1) is 22.2. The first-order chi connectivity index (χ1) is 15.7. The van der Waals surface area contributed by atoms with Crippen molar-refractivity contribution in [2.24, 2.45) is 5.92 Å². The maximum Gasteiger partial charge on any atom is 0.328 e. The molecular weight excluding hydrogens is 458 g/mol. The van der Waals surface area contributed by atoms with Crippen molar-refractivity contribution in [2.75, 3.05) is 13.7 Å². The van der Waals surface area contributed by atoms with Crippen LogP contribution in [0, 0.1) is 5.92 Å². The largest absolute Gasteiger partial charge is 0.496 e. The number of ether oxygens (including phenoxy) is 1. The number of aryl methyl sites for hydroxylation is 1. The van der Waals surface area contributed by atoms with Crippen molar-refractivity contribution in [1.29, 1.82) is 0 Å². The quantitative estimate of drug-likeness (QED) is 0.459. The molecule has 2 aromatic carbocycles. The highest BCUT2D eigenvalue weighted by atomic mass is 35.5. The number of nitrogens with one attached hydrogen (secondary N) is 2. The fourth-order valence-corrected chi connectivity index (χ4v) is 6.88. The fraction of sp³-hybridized carbons (Fsp3) is 0.360. The summed E-state index contributed by atoms with van der Waals surface area (Å²) >= 11 is 1.45. The Morgan fingerprint density at radius 3 is 2.85 bits per heavy atom. The van der Waals surface area contributed by atoms with Crippen LogP contribution in [0.5, 0.6) is 5.75 Å². The van der Waals surface area contributed by atoms with E-state index in [1.807, 2.05) is 30.3 Å². The van der Waals surface area contributed by atoms with Crippen LogP contribution in [0.3, 0.4) is 0 Å². The number of fused-ring (bicyclic) bond motifs is 6. The van der Waals surface area contributed by atoms with Crippen LogP contribution < -0.4 is 21.3 Å². The lowest BCUT2D eigenvalue weighted by molar-refractivity contribution is 0.358. The van der Waals surface area contributed by atoms with Crippen LogP contribution in [-0.2, 0) is 13.0 Å². The topological polar surface area (TPSA) is 76.1 Å². The van der Waals surface area contributed by atoms with Crippen molar-refractivity contribution >= 4 is 44.0 Å². The fourth-order valence-electron chi connectivity index (χ4n) is 5.77. The minimum atomic E-state index is -0.331. The van der Waals surface area contributed by atoms with Gasteiger partial charge in [0.05, 0.1) is 12.6 Å². The van der Waals surface area contributed by atoms with Crippen LogP contribution in [0.25, 0.3) is 20.3 Å². The molecule has 6 nitrogen and oxygen atoms in total. The Morgan fingerprint density at radius 1 is 1.15 bits per heavy atom. The van der Waals surface area contributed by atoms with Gasteiger partial charge in [-0.3, -0.25) is 9.36 Å². The molecule has 172 valence electrons. The lowest BCUT2D eigenvalue weighted by Gasteiger charge is -2.32. The second kappa shape index (κ2) is 8.63. The van der Waals surface area contributed by atoms with Crippen molar-refractivity contribution in [3.63, 3.8) is 0 Å². The van der Waals surface area contributed by atoms with Gasteiger partial charge in [0.1, 0.15) is 10.4 Å². The summed E-state index contributed by atoms with van der Waals surface area (Å²) < 4.78 is 8.72. The molecule has 1 fully saturated rings. The molecular formula is C25H26ClN3O3S. The van der Waals surface area contributed by atoms with Crippen molar-refractivity contribution in [3.8, 4) is 5.75 Å². The van der Waals surface area contributed by atoms with Gasteiger partial charge in [0.2, 0.25) is 0 Å².